The molecule has 0 aromatic heterocycles. The number of halogens is 1. The third kappa shape index (κ3) is 5.53. The fourth-order valence-corrected chi connectivity index (χ4v) is 5.02. The normalized spacial score (nSPS) is 15.7. The van der Waals surface area contributed by atoms with Crippen LogP contribution in [0.2, 0.25) is 5.02 Å². The van der Waals surface area contributed by atoms with Gasteiger partial charge < -0.3 is 10.2 Å². The SMILES string of the molecule is CC(CNC(=O)c1cccc(S(=O)(=O)N(C)c2cccc(Cl)c2)c1)CN1CCCC1. The lowest BCUT2D eigenvalue weighted by Gasteiger charge is -2.21. The van der Waals surface area contributed by atoms with Crippen LogP contribution in [0.4, 0.5) is 5.69 Å². The van der Waals surface area contributed by atoms with Crippen molar-refractivity contribution in [1.82, 2.24) is 10.2 Å². The Bertz CT molecular complexity index is 991. The van der Waals surface area contributed by atoms with Crippen LogP contribution in [0, 0.1) is 5.92 Å². The molecule has 1 saturated heterocycles. The maximum absolute atomic E-state index is 13.0. The van der Waals surface area contributed by atoms with Crippen molar-refractivity contribution in [3.05, 3.63) is 59.1 Å². The Balaban J connectivity index is 1.67. The van der Waals surface area contributed by atoms with Gasteiger partial charge in [-0.25, -0.2) is 8.42 Å². The Morgan fingerprint density at radius 1 is 1.17 bits per heavy atom. The first kappa shape index (κ1) is 22.6. The molecule has 1 unspecified atom stereocenters. The number of likely N-dealkylation sites (tertiary alicyclic amines) is 1. The zero-order valence-electron chi connectivity index (χ0n) is 17.3. The van der Waals surface area contributed by atoms with E-state index in [0.29, 0.717) is 28.7 Å². The van der Waals surface area contributed by atoms with Crippen molar-refractivity contribution in [2.24, 2.45) is 5.92 Å². The van der Waals surface area contributed by atoms with Crippen LogP contribution in [-0.4, -0.2) is 52.5 Å². The van der Waals surface area contributed by atoms with Gasteiger partial charge in [-0.2, -0.15) is 0 Å². The molecular formula is C22H28ClN3O3S. The summed E-state index contributed by atoms with van der Waals surface area (Å²) in [6.07, 6.45) is 2.48. The van der Waals surface area contributed by atoms with Gasteiger partial charge in [-0.3, -0.25) is 9.10 Å². The highest BCUT2D eigenvalue weighted by Gasteiger charge is 2.23. The van der Waals surface area contributed by atoms with E-state index in [-0.39, 0.29) is 10.8 Å². The van der Waals surface area contributed by atoms with E-state index in [1.165, 1.54) is 32.0 Å². The summed E-state index contributed by atoms with van der Waals surface area (Å²) in [5.41, 5.74) is 0.775. The molecule has 1 heterocycles. The third-order valence-electron chi connectivity index (χ3n) is 5.31. The highest BCUT2D eigenvalue weighted by atomic mass is 35.5. The van der Waals surface area contributed by atoms with Crippen molar-refractivity contribution < 1.29 is 13.2 Å². The highest BCUT2D eigenvalue weighted by molar-refractivity contribution is 7.92. The minimum Gasteiger partial charge on any atom is -0.352 e. The summed E-state index contributed by atoms with van der Waals surface area (Å²) in [6.45, 7) is 5.87. The second-order valence-electron chi connectivity index (χ2n) is 7.80. The lowest BCUT2D eigenvalue weighted by atomic mass is 10.1. The number of benzene rings is 2. The molecule has 8 heteroatoms. The van der Waals surface area contributed by atoms with E-state index in [4.69, 9.17) is 11.6 Å². The van der Waals surface area contributed by atoms with Crippen LogP contribution in [0.15, 0.2) is 53.4 Å². The molecule has 2 aromatic carbocycles. The van der Waals surface area contributed by atoms with E-state index in [2.05, 4.69) is 17.1 Å². The highest BCUT2D eigenvalue weighted by Crippen LogP contribution is 2.25. The molecule has 0 spiro atoms. The smallest absolute Gasteiger partial charge is 0.264 e. The van der Waals surface area contributed by atoms with Gasteiger partial charge >= 0.3 is 0 Å². The summed E-state index contributed by atoms with van der Waals surface area (Å²) in [7, 11) is -2.36. The van der Waals surface area contributed by atoms with Crippen LogP contribution < -0.4 is 9.62 Å². The van der Waals surface area contributed by atoms with E-state index >= 15 is 0 Å². The summed E-state index contributed by atoms with van der Waals surface area (Å²) in [5.74, 6) is 0.0543. The summed E-state index contributed by atoms with van der Waals surface area (Å²) in [4.78, 5) is 15.1. The molecule has 30 heavy (non-hydrogen) atoms. The number of nitrogens with zero attached hydrogens (tertiary/aromatic N) is 2. The second kappa shape index (κ2) is 9.81. The molecule has 1 amide bonds. The van der Waals surface area contributed by atoms with Gasteiger partial charge in [0.25, 0.3) is 15.9 Å². The van der Waals surface area contributed by atoms with Gasteiger partial charge in [-0.15, -0.1) is 0 Å². The van der Waals surface area contributed by atoms with Gasteiger partial charge in [0.15, 0.2) is 0 Å². The Kier molecular flexibility index (Phi) is 7.39. The molecule has 0 saturated carbocycles. The number of hydrogen-bond donors (Lipinski definition) is 1. The first-order chi connectivity index (χ1) is 14.3. The monoisotopic (exact) mass is 449 g/mol. The van der Waals surface area contributed by atoms with Crippen LogP contribution in [0.25, 0.3) is 0 Å². The molecule has 6 nitrogen and oxygen atoms in total. The Hall–Kier alpha value is -2.09. The number of rotatable bonds is 8. The number of amides is 1. The number of anilines is 1. The van der Waals surface area contributed by atoms with E-state index in [9.17, 15) is 13.2 Å². The third-order valence-corrected chi connectivity index (χ3v) is 7.32. The maximum Gasteiger partial charge on any atom is 0.264 e. The molecule has 0 radical (unpaired) electrons. The molecule has 3 rings (SSSR count). The topological polar surface area (TPSA) is 69.7 Å². The number of carbonyl (C=O) groups is 1. The van der Waals surface area contributed by atoms with Gasteiger partial charge in [0.1, 0.15) is 0 Å². The zero-order chi connectivity index (χ0) is 21.7. The average Bonchev–Trinajstić information content (AvgIpc) is 3.24. The predicted molar refractivity (Wildman–Crippen MR) is 121 cm³/mol. The number of hydrogen-bond acceptors (Lipinski definition) is 4. The molecule has 1 aliphatic rings. The number of nitrogens with one attached hydrogen (secondary N) is 1. The molecule has 0 aliphatic carbocycles. The van der Waals surface area contributed by atoms with Crippen molar-refractivity contribution in [2.75, 3.05) is 37.5 Å². The van der Waals surface area contributed by atoms with E-state index in [1.54, 1.807) is 36.4 Å². The van der Waals surface area contributed by atoms with Gasteiger partial charge in [-0.05, 0) is 68.2 Å². The summed E-state index contributed by atoms with van der Waals surface area (Å²) >= 11 is 5.99. The standard InChI is InChI=1S/C22H28ClN3O3S/c1-17(16-26-11-3-4-12-26)15-24-22(27)18-7-5-10-21(13-18)30(28,29)25(2)20-9-6-8-19(23)14-20/h5-10,13-14,17H,3-4,11-12,15-16H2,1-2H3,(H,24,27). The minimum absolute atomic E-state index is 0.0581. The Labute approximate surface area is 183 Å². The van der Waals surface area contributed by atoms with Gasteiger partial charge in [0.2, 0.25) is 0 Å². The fourth-order valence-electron chi connectivity index (χ4n) is 3.61. The van der Waals surface area contributed by atoms with E-state index in [0.717, 1.165) is 23.9 Å². The quantitative estimate of drug-likeness (QED) is 0.668. The predicted octanol–water partition coefficient (Wildman–Crippen LogP) is 3.63. The van der Waals surface area contributed by atoms with Crippen LogP contribution in [-0.2, 0) is 10.0 Å². The number of carbonyl (C=O) groups excluding carboxylic acids is 1. The van der Waals surface area contributed by atoms with E-state index in [1.807, 2.05) is 0 Å². The van der Waals surface area contributed by atoms with Gasteiger partial charge in [0.05, 0.1) is 10.6 Å². The van der Waals surface area contributed by atoms with Crippen LogP contribution >= 0.6 is 11.6 Å². The van der Waals surface area contributed by atoms with Gasteiger partial charge in [-0.1, -0.05) is 30.7 Å². The lowest BCUT2D eigenvalue weighted by molar-refractivity contribution is 0.0945. The minimum atomic E-state index is -3.82. The van der Waals surface area contributed by atoms with Crippen molar-refractivity contribution in [1.29, 1.82) is 0 Å². The maximum atomic E-state index is 13.0. The molecule has 0 bridgehead atoms. The van der Waals surface area contributed by atoms with Crippen LogP contribution in [0.3, 0.4) is 0 Å². The summed E-state index contributed by atoms with van der Waals surface area (Å²) in [5, 5.41) is 3.38. The molecule has 162 valence electrons. The van der Waals surface area contributed by atoms with Crippen molar-refractivity contribution in [3.63, 3.8) is 0 Å². The molecule has 2 aromatic rings. The molecule has 1 atom stereocenters. The molecule has 1 N–H and O–H groups in total. The first-order valence-electron chi connectivity index (χ1n) is 10.1. The first-order valence-corrected chi connectivity index (χ1v) is 11.9. The fraction of sp³-hybridized carbons (Fsp3) is 0.409. The lowest BCUT2D eigenvalue weighted by Crippen LogP contribution is -2.34. The number of sulfonamides is 1. The van der Waals surface area contributed by atoms with Crippen molar-refractivity contribution >= 4 is 33.2 Å². The van der Waals surface area contributed by atoms with Crippen LogP contribution in [0.5, 0.6) is 0 Å². The van der Waals surface area contributed by atoms with E-state index < -0.39 is 10.0 Å². The van der Waals surface area contributed by atoms with Crippen molar-refractivity contribution in [2.45, 2.75) is 24.7 Å². The Morgan fingerprint density at radius 3 is 2.57 bits per heavy atom. The molecule has 1 fully saturated rings. The van der Waals surface area contributed by atoms with Crippen LogP contribution in [0.1, 0.15) is 30.1 Å². The average molecular weight is 450 g/mol. The molecule has 1 aliphatic heterocycles. The van der Waals surface area contributed by atoms with Crippen molar-refractivity contribution in [3.8, 4) is 0 Å². The summed E-state index contributed by atoms with van der Waals surface area (Å²) in [6, 6.07) is 12.7. The largest absolute Gasteiger partial charge is 0.352 e. The summed E-state index contributed by atoms with van der Waals surface area (Å²) < 4.78 is 27.2. The Morgan fingerprint density at radius 2 is 1.87 bits per heavy atom. The zero-order valence-corrected chi connectivity index (χ0v) is 18.9. The molecular weight excluding hydrogens is 422 g/mol. The van der Waals surface area contributed by atoms with Gasteiger partial charge in [0, 0.05) is 30.7 Å². The second-order valence-corrected chi connectivity index (χ2v) is 10.2.